The van der Waals surface area contributed by atoms with E-state index in [1.54, 1.807) is 12.1 Å². The Morgan fingerprint density at radius 1 is 0.903 bits per heavy atom. The van der Waals surface area contributed by atoms with Crippen LogP contribution in [0.4, 0.5) is 0 Å². The second-order valence-electron chi connectivity index (χ2n) is 8.11. The van der Waals surface area contributed by atoms with Gasteiger partial charge in [0.2, 0.25) is 11.8 Å². The van der Waals surface area contributed by atoms with E-state index >= 15 is 0 Å². The fourth-order valence-corrected chi connectivity index (χ4v) is 3.53. The van der Waals surface area contributed by atoms with E-state index in [2.05, 4.69) is 16.7 Å². The fourth-order valence-electron chi connectivity index (χ4n) is 3.53. The van der Waals surface area contributed by atoms with Gasteiger partial charge in [-0.05, 0) is 46.9 Å². The highest BCUT2D eigenvalue weighted by atomic mass is 16.2. The van der Waals surface area contributed by atoms with Gasteiger partial charge in [0.1, 0.15) is 6.04 Å². The minimum Gasteiger partial charge on any atom is -0.348 e. The third-order valence-electron chi connectivity index (χ3n) is 5.34. The number of benzene rings is 3. The number of hydrogen-bond acceptors (Lipinski definition) is 3. The lowest BCUT2D eigenvalue weighted by Gasteiger charge is -2.24. The van der Waals surface area contributed by atoms with E-state index in [9.17, 15) is 9.59 Å². The Morgan fingerprint density at radius 2 is 1.58 bits per heavy atom. The Labute approximate surface area is 183 Å². The predicted molar refractivity (Wildman–Crippen MR) is 122 cm³/mol. The van der Waals surface area contributed by atoms with Gasteiger partial charge in [-0.15, -0.1) is 0 Å². The van der Waals surface area contributed by atoms with Gasteiger partial charge in [-0.2, -0.15) is 5.26 Å². The first-order chi connectivity index (χ1) is 14.9. The van der Waals surface area contributed by atoms with Crippen molar-refractivity contribution < 1.29 is 9.59 Å². The highest BCUT2D eigenvalue weighted by Crippen LogP contribution is 2.17. The molecule has 3 aromatic rings. The molecule has 3 aromatic carbocycles. The first kappa shape index (κ1) is 22.0. The van der Waals surface area contributed by atoms with Gasteiger partial charge >= 0.3 is 0 Å². The molecule has 2 amide bonds. The van der Waals surface area contributed by atoms with Crippen molar-refractivity contribution in [2.24, 2.45) is 5.92 Å². The number of nitriles is 1. The van der Waals surface area contributed by atoms with Crippen LogP contribution >= 0.6 is 0 Å². The van der Waals surface area contributed by atoms with Crippen LogP contribution < -0.4 is 10.6 Å². The molecule has 2 atom stereocenters. The molecule has 0 aliphatic carbocycles. The van der Waals surface area contributed by atoms with Gasteiger partial charge in [0.15, 0.2) is 0 Å². The molecule has 0 bridgehead atoms. The van der Waals surface area contributed by atoms with Gasteiger partial charge in [-0.1, -0.05) is 68.4 Å². The van der Waals surface area contributed by atoms with Crippen molar-refractivity contribution in [1.29, 1.82) is 5.26 Å². The summed E-state index contributed by atoms with van der Waals surface area (Å²) in [4.78, 5) is 25.5. The Hall–Kier alpha value is -3.65. The van der Waals surface area contributed by atoms with Gasteiger partial charge in [-0.3, -0.25) is 9.59 Å². The Balaban J connectivity index is 1.63. The summed E-state index contributed by atoms with van der Waals surface area (Å²) in [6.07, 6.45) is 0.215. The molecule has 2 unspecified atom stereocenters. The van der Waals surface area contributed by atoms with Gasteiger partial charge in [0.25, 0.3) is 0 Å². The van der Waals surface area contributed by atoms with Gasteiger partial charge in [0.05, 0.1) is 24.1 Å². The number of rotatable bonds is 7. The summed E-state index contributed by atoms with van der Waals surface area (Å²) in [5, 5.41) is 17.0. The normalized spacial score (nSPS) is 12.7. The average Bonchev–Trinajstić information content (AvgIpc) is 2.77. The molecular weight excluding hydrogens is 386 g/mol. The van der Waals surface area contributed by atoms with Crippen molar-refractivity contribution in [3.8, 4) is 6.07 Å². The smallest absolute Gasteiger partial charge is 0.243 e. The maximum atomic E-state index is 12.9. The van der Waals surface area contributed by atoms with E-state index in [-0.39, 0.29) is 30.2 Å². The summed E-state index contributed by atoms with van der Waals surface area (Å²) in [6, 6.07) is 22.3. The average molecular weight is 414 g/mol. The van der Waals surface area contributed by atoms with Crippen molar-refractivity contribution in [1.82, 2.24) is 10.6 Å². The van der Waals surface area contributed by atoms with Gasteiger partial charge in [-0.25, -0.2) is 0 Å². The molecule has 2 N–H and O–H groups in total. The summed E-state index contributed by atoms with van der Waals surface area (Å²) in [5.41, 5.74) is 2.38. The van der Waals surface area contributed by atoms with Crippen LogP contribution in [0.1, 0.15) is 43.5 Å². The molecule has 0 fully saturated rings. The van der Waals surface area contributed by atoms with E-state index in [4.69, 9.17) is 5.26 Å². The van der Waals surface area contributed by atoms with E-state index in [0.717, 1.165) is 21.9 Å². The Kier molecular flexibility index (Phi) is 7.04. The molecule has 0 radical (unpaired) electrons. The van der Waals surface area contributed by atoms with Crippen LogP contribution in [-0.4, -0.2) is 17.9 Å². The molecule has 0 aliphatic rings. The molecule has 0 saturated heterocycles. The van der Waals surface area contributed by atoms with Gasteiger partial charge < -0.3 is 10.6 Å². The summed E-state index contributed by atoms with van der Waals surface area (Å²) >= 11 is 0. The molecule has 5 nitrogen and oxygen atoms in total. The molecule has 158 valence electrons. The highest BCUT2D eigenvalue weighted by molar-refractivity contribution is 5.90. The van der Waals surface area contributed by atoms with Crippen LogP contribution in [0, 0.1) is 17.2 Å². The minimum absolute atomic E-state index is 0.0614. The lowest BCUT2D eigenvalue weighted by molar-refractivity contribution is -0.130. The second-order valence-corrected chi connectivity index (χ2v) is 8.11. The molecule has 0 saturated carbocycles. The lowest BCUT2D eigenvalue weighted by Crippen LogP contribution is -2.50. The van der Waals surface area contributed by atoms with E-state index in [1.807, 2.05) is 75.4 Å². The fraction of sp³-hybridized carbons (Fsp3) is 0.269. The van der Waals surface area contributed by atoms with Gasteiger partial charge in [0, 0.05) is 0 Å². The molecule has 3 rings (SSSR count). The van der Waals surface area contributed by atoms with Crippen LogP contribution in [0.3, 0.4) is 0 Å². The number of carbonyl (C=O) groups is 2. The van der Waals surface area contributed by atoms with Crippen LogP contribution in [0.5, 0.6) is 0 Å². The topological polar surface area (TPSA) is 82.0 Å². The third kappa shape index (κ3) is 5.70. The lowest BCUT2D eigenvalue weighted by atomic mass is 10.0. The highest BCUT2D eigenvalue weighted by Gasteiger charge is 2.25. The summed E-state index contributed by atoms with van der Waals surface area (Å²) in [5.74, 6) is -0.470. The predicted octanol–water partition coefficient (Wildman–Crippen LogP) is 4.27. The first-order valence-corrected chi connectivity index (χ1v) is 10.4. The third-order valence-corrected chi connectivity index (χ3v) is 5.34. The van der Waals surface area contributed by atoms with Crippen LogP contribution in [0.25, 0.3) is 10.8 Å². The van der Waals surface area contributed by atoms with Crippen LogP contribution in [0.15, 0.2) is 66.7 Å². The molecule has 0 aliphatic heterocycles. The number of hydrogen-bond donors (Lipinski definition) is 2. The van der Waals surface area contributed by atoms with Crippen molar-refractivity contribution in [2.75, 3.05) is 0 Å². The van der Waals surface area contributed by atoms with Crippen molar-refractivity contribution in [2.45, 2.75) is 39.3 Å². The van der Waals surface area contributed by atoms with Crippen LogP contribution in [0.2, 0.25) is 0 Å². The molecular formula is C26H27N3O2. The van der Waals surface area contributed by atoms with Crippen LogP contribution in [-0.2, 0) is 16.0 Å². The standard InChI is InChI=1S/C26H27N3O2/c1-17(2)25(26(31)28-18(3)21-11-8-19(16-27)9-12-21)29-24(30)15-20-10-13-22-6-4-5-7-23(22)14-20/h4-14,17-18,25H,15H2,1-3H3,(H,28,31)(H,29,30). The number of fused-ring (bicyclic) bond motifs is 1. The molecule has 5 heteroatoms. The molecule has 31 heavy (non-hydrogen) atoms. The molecule has 0 spiro atoms. The Bertz CT molecular complexity index is 1110. The number of nitrogens with zero attached hydrogens (tertiary/aromatic N) is 1. The number of amides is 2. The monoisotopic (exact) mass is 413 g/mol. The maximum Gasteiger partial charge on any atom is 0.243 e. The Morgan fingerprint density at radius 3 is 2.23 bits per heavy atom. The molecule has 0 heterocycles. The zero-order valence-corrected chi connectivity index (χ0v) is 18.1. The zero-order chi connectivity index (χ0) is 22.4. The summed E-state index contributed by atoms with van der Waals surface area (Å²) < 4.78 is 0. The van der Waals surface area contributed by atoms with E-state index in [1.165, 1.54) is 0 Å². The van der Waals surface area contributed by atoms with Crippen molar-refractivity contribution in [3.05, 3.63) is 83.4 Å². The number of nitrogens with one attached hydrogen (secondary N) is 2. The number of carbonyl (C=O) groups excluding carboxylic acids is 2. The minimum atomic E-state index is -0.631. The zero-order valence-electron chi connectivity index (χ0n) is 18.1. The van der Waals surface area contributed by atoms with E-state index < -0.39 is 6.04 Å². The van der Waals surface area contributed by atoms with Crippen molar-refractivity contribution >= 4 is 22.6 Å². The quantitative estimate of drug-likeness (QED) is 0.607. The second kappa shape index (κ2) is 9.90. The van der Waals surface area contributed by atoms with Crippen molar-refractivity contribution in [3.63, 3.8) is 0 Å². The summed E-state index contributed by atoms with van der Waals surface area (Å²) in [6.45, 7) is 5.70. The first-order valence-electron chi connectivity index (χ1n) is 10.4. The maximum absolute atomic E-state index is 12.9. The van der Waals surface area contributed by atoms with E-state index in [0.29, 0.717) is 5.56 Å². The summed E-state index contributed by atoms with van der Waals surface area (Å²) in [7, 11) is 0. The largest absolute Gasteiger partial charge is 0.348 e. The SMILES string of the molecule is CC(NC(=O)C(NC(=O)Cc1ccc2ccccc2c1)C(C)C)c1ccc(C#N)cc1. The molecule has 0 aromatic heterocycles.